The number of nitrogens with zero attached hydrogens (tertiary/aromatic N) is 2. The summed E-state index contributed by atoms with van der Waals surface area (Å²) in [4.78, 5) is 6.77. The van der Waals surface area contributed by atoms with Crippen LogP contribution in [-0.2, 0) is 4.74 Å². The number of rotatable bonds is 1. The molecule has 2 aromatic rings. The third kappa shape index (κ3) is 1.65. The van der Waals surface area contributed by atoms with Gasteiger partial charge in [0.2, 0.25) is 0 Å². The maximum atomic E-state index is 5.47. The molecule has 4 nitrogen and oxygen atoms in total. The van der Waals surface area contributed by atoms with Gasteiger partial charge in [0, 0.05) is 30.4 Å². The zero-order chi connectivity index (χ0) is 11.0. The normalized spacial score (nSPS) is 22.4. The minimum absolute atomic E-state index is 0.394. The summed E-state index contributed by atoms with van der Waals surface area (Å²) in [6.45, 7) is 4.74. The first kappa shape index (κ1) is 10.3. The summed E-state index contributed by atoms with van der Waals surface area (Å²) in [5, 5.41) is 3.54. The van der Waals surface area contributed by atoms with Crippen molar-refractivity contribution in [1.82, 2.24) is 14.7 Å². The number of hydrogen-bond donors (Lipinski definition) is 1. The molecule has 0 radical (unpaired) electrons. The Kier molecular flexibility index (Phi) is 2.67. The zero-order valence-corrected chi connectivity index (χ0v) is 10.1. The molecule has 0 aliphatic carbocycles. The second-order valence-electron chi connectivity index (χ2n) is 4.03. The molecule has 1 unspecified atom stereocenters. The first-order chi connectivity index (χ1) is 7.86. The number of nitrogens with one attached hydrogen (secondary N) is 1. The second-order valence-corrected chi connectivity index (χ2v) is 5.21. The third-order valence-corrected chi connectivity index (χ3v) is 3.99. The molecule has 5 heteroatoms. The van der Waals surface area contributed by atoms with Crippen LogP contribution in [0.2, 0.25) is 0 Å². The molecule has 0 bridgehead atoms. The van der Waals surface area contributed by atoms with Crippen LogP contribution in [-0.4, -0.2) is 29.1 Å². The Balaban J connectivity index is 2.02. The Labute approximate surface area is 98.3 Å². The van der Waals surface area contributed by atoms with Crippen molar-refractivity contribution in [1.29, 1.82) is 0 Å². The van der Waals surface area contributed by atoms with E-state index in [9.17, 15) is 0 Å². The summed E-state index contributed by atoms with van der Waals surface area (Å²) in [6.07, 6.45) is 4.94. The average molecular weight is 237 g/mol. The lowest BCUT2D eigenvalue weighted by Crippen LogP contribution is -2.23. The fourth-order valence-corrected chi connectivity index (χ4v) is 3.25. The monoisotopic (exact) mass is 237 g/mol. The van der Waals surface area contributed by atoms with Gasteiger partial charge in [-0.1, -0.05) is 0 Å². The van der Waals surface area contributed by atoms with Gasteiger partial charge in [-0.25, -0.2) is 4.98 Å². The van der Waals surface area contributed by atoms with Crippen LogP contribution < -0.4 is 5.32 Å². The van der Waals surface area contributed by atoms with Crippen molar-refractivity contribution in [2.45, 2.75) is 19.4 Å². The number of thiazole rings is 1. The zero-order valence-electron chi connectivity index (χ0n) is 9.27. The lowest BCUT2D eigenvalue weighted by atomic mass is 10.1. The topological polar surface area (TPSA) is 38.6 Å². The van der Waals surface area contributed by atoms with Crippen LogP contribution in [0.4, 0.5) is 0 Å². The molecule has 1 fully saturated rings. The maximum absolute atomic E-state index is 5.47. The van der Waals surface area contributed by atoms with E-state index in [4.69, 9.17) is 4.74 Å². The molecule has 0 saturated carbocycles. The van der Waals surface area contributed by atoms with Gasteiger partial charge in [0.25, 0.3) is 0 Å². The molecule has 1 aliphatic heterocycles. The van der Waals surface area contributed by atoms with Crippen molar-refractivity contribution in [2.75, 3.05) is 19.8 Å². The van der Waals surface area contributed by atoms with E-state index in [1.54, 1.807) is 11.3 Å². The summed E-state index contributed by atoms with van der Waals surface area (Å²) in [7, 11) is 0. The molecule has 3 heterocycles. The lowest BCUT2D eigenvalue weighted by molar-refractivity contribution is 0.149. The number of aromatic nitrogens is 2. The lowest BCUT2D eigenvalue weighted by Gasteiger charge is -2.15. The highest BCUT2D eigenvalue weighted by molar-refractivity contribution is 7.17. The Morgan fingerprint density at radius 2 is 2.50 bits per heavy atom. The first-order valence-electron chi connectivity index (χ1n) is 5.60. The van der Waals surface area contributed by atoms with Gasteiger partial charge in [-0.15, -0.1) is 11.3 Å². The van der Waals surface area contributed by atoms with E-state index >= 15 is 0 Å². The van der Waals surface area contributed by atoms with Gasteiger partial charge in [0.1, 0.15) is 0 Å². The van der Waals surface area contributed by atoms with Gasteiger partial charge in [-0.2, -0.15) is 0 Å². The van der Waals surface area contributed by atoms with Crippen LogP contribution in [0.3, 0.4) is 0 Å². The van der Waals surface area contributed by atoms with Crippen molar-refractivity contribution >= 4 is 16.3 Å². The largest absolute Gasteiger partial charge is 0.380 e. The summed E-state index contributed by atoms with van der Waals surface area (Å²) < 4.78 is 7.67. The maximum Gasteiger partial charge on any atom is 0.194 e. The minimum Gasteiger partial charge on any atom is -0.380 e. The van der Waals surface area contributed by atoms with Crippen molar-refractivity contribution < 1.29 is 4.74 Å². The van der Waals surface area contributed by atoms with Crippen LogP contribution in [0.1, 0.15) is 23.0 Å². The molecule has 0 spiro atoms. The molecule has 2 aromatic heterocycles. The highest BCUT2D eigenvalue weighted by Crippen LogP contribution is 2.28. The first-order valence-corrected chi connectivity index (χ1v) is 6.41. The number of imidazole rings is 1. The summed E-state index contributed by atoms with van der Waals surface area (Å²) in [5.74, 6) is 0. The van der Waals surface area contributed by atoms with Gasteiger partial charge in [0.15, 0.2) is 4.96 Å². The molecular formula is C11H15N3OS. The van der Waals surface area contributed by atoms with Crippen LogP contribution in [0.25, 0.3) is 4.96 Å². The molecule has 16 heavy (non-hydrogen) atoms. The standard InChI is InChI=1S/C11H15N3OS/c1-8-10(9-2-6-15-7-4-12-9)14-5-3-13-11(14)16-8/h3,5,9,12H,2,4,6-7H2,1H3. The average Bonchev–Trinajstić information content (AvgIpc) is 2.70. The van der Waals surface area contributed by atoms with Crippen molar-refractivity contribution in [3.8, 4) is 0 Å². The van der Waals surface area contributed by atoms with E-state index in [2.05, 4.69) is 21.6 Å². The van der Waals surface area contributed by atoms with Gasteiger partial charge in [-0.3, -0.25) is 4.40 Å². The number of aryl methyl sites for hydroxylation is 1. The molecule has 3 rings (SSSR count). The smallest absolute Gasteiger partial charge is 0.194 e. The van der Waals surface area contributed by atoms with Crippen LogP contribution in [0.5, 0.6) is 0 Å². The number of hydrogen-bond acceptors (Lipinski definition) is 4. The number of ether oxygens (including phenoxy) is 1. The van der Waals surface area contributed by atoms with E-state index in [-0.39, 0.29) is 0 Å². The molecule has 1 N–H and O–H groups in total. The molecule has 1 atom stereocenters. The molecule has 1 aliphatic rings. The van der Waals surface area contributed by atoms with Gasteiger partial charge >= 0.3 is 0 Å². The fourth-order valence-electron chi connectivity index (χ4n) is 2.26. The molecule has 0 amide bonds. The second kappa shape index (κ2) is 4.16. The predicted molar refractivity (Wildman–Crippen MR) is 64.0 cm³/mol. The third-order valence-electron chi connectivity index (χ3n) is 2.99. The van der Waals surface area contributed by atoms with Crippen LogP contribution in [0, 0.1) is 6.92 Å². The summed E-state index contributed by atoms with van der Waals surface area (Å²) >= 11 is 1.76. The molecular weight excluding hydrogens is 222 g/mol. The number of fused-ring (bicyclic) bond motifs is 1. The molecule has 1 saturated heterocycles. The molecule has 86 valence electrons. The molecule has 0 aromatic carbocycles. The van der Waals surface area contributed by atoms with Crippen molar-refractivity contribution in [3.05, 3.63) is 23.0 Å². The van der Waals surface area contributed by atoms with Crippen molar-refractivity contribution in [3.63, 3.8) is 0 Å². The van der Waals surface area contributed by atoms with E-state index in [1.807, 2.05) is 12.4 Å². The van der Waals surface area contributed by atoms with Gasteiger partial charge < -0.3 is 10.1 Å². The van der Waals surface area contributed by atoms with E-state index in [0.717, 1.165) is 31.1 Å². The van der Waals surface area contributed by atoms with E-state index in [0.29, 0.717) is 6.04 Å². The van der Waals surface area contributed by atoms with Crippen LogP contribution >= 0.6 is 11.3 Å². The quantitative estimate of drug-likeness (QED) is 0.821. The van der Waals surface area contributed by atoms with Gasteiger partial charge in [-0.05, 0) is 13.3 Å². The summed E-state index contributed by atoms with van der Waals surface area (Å²) in [6, 6.07) is 0.394. The Hall–Kier alpha value is -0.910. The minimum atomic E-state index is 0.394. The van der Waals surface area contributed by atoms with Crippen molar-refractivity contribution in [2.24, 2.45) is 0 Å². The highest BCUT2D eigenvalue weighted by atomic mass is 32.1. The summed E-state index contributed by atoms with van der Waals surface area (Å²) in [5.41, 5.74) is 1.35. The highest BCUT2D eigenvalue weighted by Gasteiger charge is 2.20. The Morgan fingerprint density at radius 3 is 3.44 bits per heavy atom. The van der Waals surface area contributed by atoms with E-state index < -0.39 is 0 Å². The Bertz CT molecular complexity index is 482. The Morgan fingerprint density at radius 1 is 1.56 bits per heavy atom. The SMILES string of the molecule is Cc1sc2nccn2c1C1CCOCCN1. The van der Waals surface area contributed by atoms with Gasteiger partial charge in [0.05, 0.1) is 18.3 Å². The van der Waals surface area contributed by atoms with Crippen LogP contribution in [0.15, 0.2) is 12.4 Å². The fraction of sp³-hybridized carbons (Fsp3) is 0.545. The van der Waals surface area contributed by atoms with E-state index in [1.165, 1.54) is 10.6 Å². The predicted octanol–water partition coefficient (Wildman–Crippen LogP) is 1.76.